The molecule has 3 aromatic carbocycles. The minimum atomic E-state index is -1.03. The average Bonchev–Trinajstić information content (AvgIpc) is 3.60. The van der Waals surface area contributed by atoms with Crippen LogP contribution in [0, 0.1) is 0 Å². The standard InChI is InChI=1S/C30H27ClN2O5/c31-25-15-13-24(14-16-25)30(37-21-26(38-30)20-36-29(35)23-10-5-2-6-11-23)17-7-12-27-32-18-19-33(27)28(34)22-8-3-1-4-9-22/h1-6,8-11,13-16,18-19,26H,7,12,17,20-21H2/t26-,30-/m0/s1. The predicted molar refractivity (Wildman–Crippen MR) is 142 cm³/mol. The zero-order valence-electron chi connectivity index (χ0n) is 20.7. The molecule has 5 rings (SSSR count). The number of aromatic nitrogens is 2. The number of benzene rings is 3. The van der Waals surface area contributed by atoms with Gasteiger partial charge in [-0.2, -0.15) is 0 Å². The molecule has 0 spiro atoms. The molecule has 0 N–H and O–H groups in total. The van der Waals surface area contributed by atoms with E-state index in [4.69, 9.17) is 25.8 Å². The van der Waals surface area contributed by atoms with Gasteiger partial charge in [0.05, 0.1) is 12.2 Å². The van der Waals surface area contributed by atoms with E-state index in [9.17, 15) is 9.59 Å². The minimum absolute atomic E-state index is 0.0685. The Balaban J connectivity index is 1.26. The molecule has 0 amide bonds. The number of rotatable bonds is 9. The molecule has 2 heterocycles. The van der Waals surface area contributed by atoms with Crippen LogP contribution < -0.4 is 0 Å². The summed E-state index contributed by atoms with van der Waals surface area (Å²) in [5, 5.41) is 0.608. The molecule has 38 heavy (non-hydrogen) atoms. The first-order valence-corrected chi connectivity index (χ1v) is 12.8. The SMILES string of the molecule is O=C(OC[C@H]1CO[C@](CCCc2nccn2C(=O)c2ccccc2)(c2ccc(Cl)cc2)O1)c1ccccc1. The van der Waals surface area contributed by atoms with E-state index < -0.39 is 17.9 Å². The van der Waals surface area contributed by atoms with Crippen LogP contribution in [0.5, 0.6) is 0 Å². The summed E-state index contributed by atoms with van der Waals surface area (Å²) in [5.74, 6) is -0.904. The summed E-state index contributed by atoms with van der Waals surface area (Å²) in [4.78, 5) is 29.8. The Morgan fingerprint density at radius 2 is 1.66 bits per heavy atom. The first kappa shape index (κ1) is 25.9. The summed E-state index contributed by atoms with van der Waals surface area (Å²) >= 11 is 6.12. The molecule has 0 radical (unpaired) electrons. The van der Waals surface area contributed by atoms with Gasteiger partial charge in [0.1, 0.15) is 18.5 Å². The number of hydrogen-bond acceptors (Lipinski definition) is 6. The Morgan fingerprint density at radius 1 is 0.974 bits per heavy atom. The number of carbonyl (C=O) groups excluding carboxylic acids is 2. The fourth-order valence-electron chi connectivity index (χ4n) is 4.51. The molecule has 1 aliphatic heterocycles. The second kappa shape index (κ2) is 11.7. The van der Waals surface area contributed by atoms with Crippen molar-refractivity contribution in [1.82, 2.24) is 9.55 Å². The molecule has 0 aliphatic carbocycles. The van der Waals surface area contributed by atoms with Gasteiger partial charge in [-0.15, -0.1) is 0 Å². The summed E-state index contributed by atoms with van der Waals surface area (Å²) in [7, 11) is 0. The van der Waals surface area contributed by atoms with Crippen LogP contribution in [0.15, 0.2) is 97.3 Å². The lowest BCUT2D eigenvalue weighted by molar-refractivity contribution is -0.185. The summed E-state index contributed by atoms with van der Waals surface area (Å²) in [5.41, 5.74) is 1.90. The highest BCUT2D eigenvalue weighted by Gasteiger charge is 2.43. The monoisotopic (exact) mass is 530 g/mol. The maximum atomic E-state index is 13.0. The highest BCUT2D eigenvalue weighted by Crippen LogP contribution is 2.39. The number of aryl methyl sites for hydroxylation is 1. The second-order valence-corrected chi connectivity index (χ2v) is 9.45. The first-order chi connectivity index (χ1) is 18.5. The van der Waals surface area contributed by atoms with Crippen LogP contribution in [-0.4, -0.2) is 40.7 Å². The van der Waals surface area contributed by atoms with E-state index in [0.29, 0.717) is 41.2 Å². The molecule has 0 unspecified atom stereocenters. The summed E-state index contributed by atoms with van der Waals surface area (Å²) in [6.45, 7) is 0.338. The molecule has 194 valence electrons. The van der Waals surface area contributed by atoms with E-state index in [2.05, 4.69) is 4.98 Å². The Kier molecular flexibility index (Phi) is 7.98. The number of halogens is 1. The quantitative estimate of drug-likeness (QED) is 0.259. The van der Waals surface area contributed by atoms with E-state index in [1.807, 2.05) is 36.4 Å². The lowest BCUT2D eigenvalue weighted by Crippen LogP contribution is -2.30. The van der Waals surface area contributed by atoms with Crippen LogP contribution in [0.25, 0.3) is 0 Å². The van der Waals surface area contributed by atoms with E-state index in [0.717, 1.165) is 5.56 Å². The third-order valence-electron chi connectivity index (χ3n) is 6.42. The van der Waals surface area contributed by atoms with E-state index in [-0.39, 0.29) is 19.1 Å². The summed E-state index contributed by atoms with van der Waals surface area (Å²) < 4.78 is 19.7. The normalized spacial score (nSPS) is 18.8. The summed E-state index contributed by atoms with van der Waals surface area (Å²) in [6, 6.07) is 25.3. The van der Waals surface area contributed by atoms with Gasteiger partial charge in [0.2, 0.25) is 0 Å². The highest BCUT2D eigenvalue weighted by molar-refractivity contribution is 6.30. The highest BCUT2D eigenvalue weighted by atomic mass is 35.5. The molecule has 8 heteroatoms. The number of imidazole rings is 1. The number of ether oxygens (including phenoxy) is 3. The van der Waals surface area contributed by atoms with Crippen LogP contribution >= 0.6 is 11.6 Å². The zero-order chi connectivity index (χ0) is 26.4. The average molecular weight is 531 g/mol. The maximum absolute atomic E-state index is 13.0. The number of carbonyl (C=O) groups is 2. The minimum Gasteiger partial charge on any atom is -0.459 e. The van der Waals surface area contributed by atoms with Crippen molar-refractivity contribution >= 4 is 23.5 Å². The van der Waals surface area contributed by atoms with Crippen molar-refractivity contribution < 1.29 is 23.8 Å². The Hall–Kier alpha value is -3.78. The molecule has 1 aromatic heterocycles. The summed E-state index contributed by atoms with van der Waals surface area (Å²) in [6.07, 6.45) is 4.56. The molecule has 7 nitrogen and oxygen atoms in total. The Bertz CT molecular complexity index is 1370. The van der Waals surface area contributed by atoms with Gasteiger partial charge >= 0.3 is 5.97 Å². The van der Waals surface area contributed by atoms with Gasteiger partial charge in [0.25, 0.3) is 5.91 Å². The molecule has 2 atom stereocenters. The topological polar surface area (TPSA) is 79.7 Å². The van der Waals surface area contributed by atoms with Crippen molar-refractivity contribution in [2.24, 2.45) is 0 Å². The molecule has 1 fully saturated rings. The maximum Gasteiger partial charge on any atom is 0.338 e. The molecule has 1 aliphatic rings. The van der Waals surface area contributed by atoms with E-state index >= 15 is 0 Å². The van der Waals surface area contributed by atoms with Crippen LogP contribution in [0.4, 0.5) is 0 Å². The molecule has 0 saturated carbocycles. The lowest BCUT2D eigenvalue weighted by atomic mass is 9.99. The number of esters is 1. The fourth-order valence-corrected chi connectivity index (χ4v) is 4.63. The largest absolute Gasteiger partial charge is 0.459 e. The van der Waals surface area contributed by atoms with Crippen LogP contribution in [0.3, 0.4) is 0 Å². The third-order valence-corrected chi connectivity index (χ3v) is 6.67. The van der Waals surface area contributed by atoms with Crippen molar-refractivity contribution in [3.8, 4) is 0 Å². The van der Waals surface area contributed by atoms with Gasteiger partial charge in [0, 0.05) is 41.4 Å². The molecule has 1 saturated heterocycles. The number of nitrogens with zero attached hydrogens (tertiary/aromatic N) is 2. The number of hydrogen-bond donors (Lipinski definition) is 0. The first-order valence-electron chi connectivity index (χ1n) is 12.5. The molecular weight excluding hydrogens is 504 g/mol. The van der Waals surface area contributed by atoms with Gasteiger partial charge in [0.15, 0.2) is 5.79 Å². The Morgan fingerprint density at radius 3 is 2.37 bits per heavy atom. The smallest absolute Gasteiger partial charge is 0.338 e. The van der Waals surface area contributed by atoms with Crippen LogP contribution in [0.1, 0.15) is 44.9 Å². The zero-order valence-corrected chi connectivity index (χ0v) is 21.4. The molecule has 0 bridgehead atoms. The second-order valence-electron chi connectivity index (χ2n) is 9.01. The van der Waals surface area contributed by atoms with E-state index in [1.165, 1.54) is 0 Å². The third kappa shape index (κ3) is 5.86. The van der Waals surface area contributed by atoms with Gasteiger partial charge < -0.3 is 14.2 Å². The van der Waals surface area contributed by atoms with Gasteiger partial charge in [-0.05, 0) is 42.8 Å². The van der Waals surface area contributed by atoms with Crippen LogP contribution in [0.2, 0.25) is 5.02 Å². The molecule has 4 aromatic rings. The van der Waals surface area contributed by atoms with Crippen molar-refractivity contribution in [3.63, 3.8) is 0 Å². The van der Waals surface area contributed by atoms with E-state index in [1.54, 1.807) is 65.5 Å². The Labute approximate surface area is 225 Å². The van der Waals surface area contributed by atoms with Gasteiger partial charge in [-0.25, -0.2) is 9.78 Å². The van der Waals surface area contributed by atoms with Crippen molar-refractivity contribution in [1.29, 1.82) is 0 Å². The van der Waals surface area contributed by atoms with Crippen LogP contribution in [-0.2, 0) is 26.4 Å². The van der Waals surface area contributed by atoms with Gasteiger partial charge in [-0.3, -0.25) is 9.36 Å². The van der Waals surface area contributed by atoms with Crippen molar-refractivity contribution in [2.75, 3.05) is 13.2 Å². The van der Waals surface area contributed by atoms with Gasteiger partial charge in [-0.1, -0.05) is 60.1 Å². The van der Waals surface area contributed by atoms with Crippen molar-refractivity contribution in [3.05, 3.63) is 125 Å². The fraction of sp³-hybridized carbons (Fsp3) is 0.233. The lowest BCUT2D eigenvalue weighted by Gasteiger charge is -2.29. The predicted octanol–water partition coefficient (Wildman–Crippen LogP) is 5.67. The molecular formula is C30H27ClN2O5. The van der Waals surface area contributed by atoms with Crippen molar-refractivity contribution in [2.45, 2.75) is 31.2 Å².